The second-order valence-corrected chi connectivity index (χ2v) is 8.00. The Morgan fingerprint density at radius 1 is 1.07 bits per heavy atom. The van der Waals surface area contributed by atoms with Gasteiger partial charge in [-0.1, -0.05) is 41.9 Å². The fraction of sp³-hybridized carbons (Fsp3) is 0.136. The van der Waals surface area contributed by atoms with Crippen molar-refractivity contribution in [1.29, 1.82) is 0 Å². The summed E-state index contributed by atoms with van der Waals surface area (Å²) in [5.41, 5.74) is 5.82. The number of thiazole rings is 1. The number of pyridine rings is 2. The van der Waals surface area contributed by atoms with Gasteiger partial charge in [0, 0.05) is 35.4 Å². The Labute approximate surface area is 171 Å². The maximum absolute atomic E-state index is 13.4. The third-order valence-corrected chi connectivity index (χ3v) is 6.27. The average Bonchev–Trinajstić information content (AvgIpc) is 3.06. The molecule has 4 heterocycles. The number of fused-ring (bicyclic) bond motifs is 3. The van der Waals surface area contributed by atoms with E-state index in [2.05, 4.69) is 28.2 Å². The largest absolute Gasteiger partial charge is 0.307 e. The Morgan fingerprint density at radius 3 is 2.71 bits per heavy atom. The summed E-state index contributed by atoms with van der Waals surface area (Å²) in [7, 11) is 0. The van der Waals surface area contributed by atoms with E-state index in [0.29, 0.717) is 22.3 Å². The fourth-order valence-electron chi connectivity index (χ4n) is 3.82. The molecule has 0 amide bonds. The predicted molar refractivity (Wildman–Crippen MR) is 114 cm³/mol. The minimum Gasteiger partial charge on any atom is -0.307 e. The van der Waals surface area contributed by atoms with Crippen LogP contribution in [0.1, 0.15) is 12.0 Å². The average molecular weight is 406 g/mol. The number of nitrogens with zero attached hydrogens (tertiary/aromatic N) is 3. The van der Waals surface area contributed by atoms with Crippen LogP contribution in [0.5, 0.6) is 0 Å². The summed E-state index contributed by atoms with van der Waals surface area (Å²) in [5, 5.41) is 2.82. The van der Waals surface area contributed by atoms with E-state index in [1.54, 1.807) is 5.38 Å². The van der Waals surface area contributed by atoms with Gasteiger partial charge in [-0.3, -0.25) is 9.78 Å². The van der Waals surface area contributed by atoms with Gasteiger partial charge in [-0.05, 0) is 36.1 Å². The first-order valence-electron chi connectivity index (χ1n) is 9.10. The molecule has 0 saturated heterocycles. The second kappa shape index (κ2) is 7.00. The number of rotatable bonds is 2. The molecule has 0 spiro atoms. The quantitative estimate of drug-likeness (QED) is 0.454. The number of halogens is 1. The van der Waals surface area contributed by atoms with Crippen molar-refractivity contribution in [3.63, 3.8) is 0 Å². The molecule has 28 heavy (non-hydrogen) atoms. The fourth-order valence-corrected chi connectivity index (χ4v) is 4.78. The highest BCUT2D eigenvalue weighted by Crippen LogP contribution is 2.37. The van der Waals surface area contributed by atoms with E-state index in [9.17, 15) is 4.79 Å². The topological polar surface area (TPSA) is 47.8 Å². The summed E-state index contributed by atoms with van der Waals surface area (Å²) in [6.45, 7) is 0.662. The minimum absolute atomic E-state index is 0.0302. The number of hydrogen-bond acceptors (Lipinski definition) is 4. The lowest BCUT2D eigenvalue weighted by Crippen LogP contribution is -2.23. The van der Waals surface area contributed by atoms with Gasteiger partial charge in [-0.25, -0.2) is 4.98 Å². The van der Waals surface area contributed by atoms with Gasteiger partial charge >= 0.3 is 0 Å². The molecule has 6 heteroatoms. The van der Waals surface area contributed by atoms with Crippen molar-refractivity contribution in [3.05, 3.63) is 81.3 Å². The zero-order valence-electron chi connectivity index (χ0n) is 14.9. The van der Waals surface area contributed by atoms with Crippen molar-refractivity contribution in [2.24, 2.45) is 0 Å². The third kappa shape index (κ3) is 2.87. The van der Waals surface area contributed by atoms with Crippen LogP contribution in [0.25, 0.3) is 33.0 Å². The highest BCUT2D eigenvalue weighted by atomic mass is 35.5. The van der Waals surface area contributed by atoms with E-state index >= 15 is 0 Å². The molecule has 138 valence electrons. The lowest BCUT2D eigenvalue weighted by atomic mass is 9.95. The molecule has 0 bridgehead atoms. The van der Waals surface area contributed by atoms with Crippen LogP contribution in [-0.2, 0) is 13.0 Å². The summed E-state index contributed by atoms with van der Waals surface area (Å²) < 4.78 is 1.89. The van der Waals surface area contributed by atoms with Gasteiger partial charge in [0.15, 0.2) is 0 Å². The number of aromatic nitrogens is 3. The highest BCUT2D eigenvalue weighted by molar-refractivity contribution is 7.13. The zero-order chi connectivity index (χ0) is 19.1. The third-order valence-electron chi connectivity index (χ3n) is 5.07. The Morgan fingerprint density at radius 2 is 1.93 bits per heavy atom. The molecule has 0 aliphatic carbocycles. The monoisotopic (exact) mass is 405 g/mol. The van der Waals surface area contributed by atoms with Crippen molar-refractivity contribution >= 4 is 22.9 Å². The first-order chi connectivity index (χ1) is 13.7. The van der Waals surface area contributed by atoms with Crippen molar-refractivity contribution in [2.45, 2.75) is 19.4 Å². The lowest BCUT2D eigenvalue weighted by Gasteiger charge is -2.18. The molecule has 3 aromatic heterocycles. The molecule has 0 fully saturated rings. The van der Waals surface area contributed by atoms with Gasteiger partial charge in [0.25, 0.3) is 5.56 Å². The molecule has 0 N–H and O–H groups in total. The van der Waals surface area contributed by atoms with Crippen LogP contribution in [0.2, 0.25) is 5.15 Å². The molecule has 0 saturated carbocycles. The summed E-state index contributed by atoms with van der Waals surface area (Å²) in [5.74, 6) is 0. The lowest BCUT2D eigenvalue weighted by molar-refractivity contribution is 0.642. The summed E-state index contributed by atoms with van der Waals surface area (Å²) >= 11 is 7.43. The van der Waals surface area contributed by atoms with Crippen LogP contribution >= 0.6 is 22.9 Å². The molecule has 4 aromatic rings. The Bertz CT molecular complexity index is 1230. The summed E-state index contributed by atoms with van der Waals surface area (Å²) in [6.07, 6.45) is 5.52. The van der Waals surface area contributed by atoms with Gasteiger partial charge in [-0.15, -0.1) is 11.3 Å². The predicted octanol–water partition coefficient (Wildman–Crippen LogP) is 5.30. The van der Waals surface area contributed by atoms with Crippen LogP contribution in [0.3, 0.4) is 0 Å². The van der Waals surface area contributed by atoms with Gasteiger partial charge in [-0.2, -0.15) is 0 Å². The molecule has 4 nitrogen and oxygen atoms in total. The Kier molecular flexibility index (Phi) is 4.34. The molecule has 5 rings (SSSR count). The first-order valence-corrected chi connectivity index (χ1v) is 10.4. The second-order valence-electron chi connectivity index (χ2n) is 6.75. The van der Waals surface area contributed by atoms with Crippen LogP contribution in [-0.4, -0.2) is 14.5 Å². The summed E-state index contributed by atoms with van der Waals surface area (Å²) in [6, 6.07) is 14.2. The van der Waals surface area contributed by atoms with Crippen molar-refractivity contribution in [3.8, 4) is 33.0 Å². The number of hydrogen-bond donors (Lipinski definition) is 0. The molecule has 0 atom stereocenters. The van der Waals surface area contributed by atoms with Crippen molar-refractivity contribution in [2.75, 3.05) is 0 Å². The van der Waals surface area contributed by atoms with Gasteiger partial charge in [0.2, 0.25) is 0 Å². The number of benzene rings is 1. The van der Waals surface area contributed by atoms with Gasteiger partial charge in [0.05, 0.1) is 11.3 Å². The van der Waals surface area contributed by atoms with Crippen molar-refractivity contribution < 1.29 is 0 Å². The summed E-state index contributed by atoms with van der Waals surface area (Å²) in [4.78, 5) is 22.1. The Hall–Kier alpha value is -2.76. The molecule has 1 aliphatic heterocycles. The molecule has 1 aromatic carbocycles. The van der Waals surface area contributed by atoms with E-state index in [0.717, 1.165) is 35.2 Å². The van der Waals surface area contributed by atoms with Gasteiger partial charge < -0.3 is 4.57 Å². The van der Waals surface area contributed by atoms with E-state index < -0.39 is 0 Å². The van der Waals surface area contributed by atoms with Crippen LogP contribution in [0, 0.1) is 0 Å². The molecule has 1 aliphatic rings. The van der Waals surface area contributed by atoms with Crippen LogP contribution in [0.15, 0.2) is 65.0 Å². The smallest absolute Gasteiger partial charge is 0.261 e. The standard InChI is InChI=1S/C22H16ClN3OS/c23-19-13-28-21(25-19)17-11-16(14-5-2-1-3-6-14)20-18-12-24-9-8-15(18)7-4-10-26(20)22(17)27/h1-3,5-6,8-9,11-13H,4,7,10H2. The first kappa shape index (κ1) is 17.3. The maximum Gasteiger partial charge on any atom is 0.261 e. The molecule has 0 unspecified atom stereocenters. The Balaban J connectivity index is 1.89. The maximum atomic E-state index is 13.4. The highest BCUT2D eigenvalue weighted by Gasteiger charge is 2.23. The molecule has 0 radical (unpaired) electrons. The van der Waals surface area contributed by atoms with E-state index in [-0.39, 0.29) is 5.56 Å². The van der Waals surface area contributed by atoms with E-state index in [4.69, 9.17) is 11.6 Å². The van der Waals surface area contributed by atoms with E-state index in [1.165, 1.54) is 16.9 Å². The zero-order valence-corrected chi connectivity index (χ0v) is 16.5. The van der Waals surface area contributed by atoms with Gasteiger partial charge in [0.1, 0.15) is 10.2 Å². The minimum atomic E-state index is -0.0302. The van der Waals surface area contributed by atoms with Crippen molar-refractivity contribution in [1.82, 2.24) is 14.5 Å². The number of aryl methyl sites for hydroxylation is 1. The van der Waals surface area contributed by atoms with Crippen LogP contribution in [0.4, 0.5) is 0 Å². The van der Waals surface area contributed by atoms with Crippen LogP contribution < -0.4 is 5.56 Å². The SMILES string of the molecule is O=c1c(-c2nc(Cl)cs2)cc(-c2ccccc2)c2n1CCCc1ccncc1-2. The normalized spacial score (nSPS) is 12.9. The molecular weight excluding hydrogens is 390 g/mol. The van der Waals surface area contributed by atoms with E-state index in [1.807, 2.05) is 41.2 Å². The molecular formula is C22H16ClN3OS.